The van der Waals surface area contributed by atoms with Gasteiger partial charge in [-0.3, -0.25) is 0 Å². The maximum absolute atomic E-state index is 12.6. The maximum atomic E-state index is 12.6. The van der Waals surface area contributed by atoms with Gasteiger partial charge in [-0.25, -0.2) is 4.98 Å². The Morgan fingerprint density at radius 2 is 1.78 bits per heavy atom. The average molecular weight is 258 g/mol. The summed E-state index contributed by atoms with van der Waals surface area (Å²) in [5.41, 5.74) is -0.645. The molecule has 2 rings (SSSR count). The SMILES string of the molecule is FC(F)(F)c1ccnc(NC2CCCCCC2)c1. The molecule has 1 saturated carbocycles. The number of alkyl halides is 3. The van der Waals surface area contributed by atoms with Gasteiger partial charge in [-0.05, 0) is 25.0 Å². The van der Waals surface area contributed by atoms with Crippen molar-refractivity contribution in [1.29, 1.82) is 0 Å². The van der Waals surface area contributed by atoms with Crippen LogP contribution in [0, 0.1) is 0 Å². The Bertz CT molecular complexity index is 382. The normalized spacial score (nSPS) is 18.4. The smallest absolute Gasteiger partial charge is 0.367 e. The fourth-order valence-corrected chi connectivity index (χ4v) is 2.32. The molecule has 18 heavy (non-hydrogen) atoms. The Kier molecular flexibility index (Phi) is 4.09. The quantitative estimate of drug-likeness (QED) is 0.803. The van der Waals surface area contributed by atoms with Gasteiger partial charge in [0.25, 0.3) is 0 Å². The lowest BCUT2D eigenvalue weighted by molar-refractivity contribution is -0.137. The standard InChI is InChI=1S/C13H17F3N2/c14-13(15,16)10-7-8-17-12(9-10)18-11-5-3-1-2-4-6-11/h7-9,11H,1-6H2,(H,17,18). The lowest BCUT2D eigenvalue weighted by Crippen LogP contribution is -2.19. The van der Waals surface area contributed by atoms with Gasteiger partial charge in [-0.1, -0.05) is 25.7 Å². The van der Waals surface area contributed by atoms with E-state index in [0.29, 0.717) is 5.82 Å². The van der Waals surface area contributed by atoms with E-state index >= 15 is 0 Å². The van der Waals surface area contributed by atoms with E-state index in [0.717, 1.165) is 37.8 Å². The molecule has 1 heterocycles. The molecule has 1 aromatic rings. The number of hydrogen-bond acceptors (Lipinski definition) is 2. The Balaban J connectivity index is 2.04. The third-order valence-corrected chi connectivity index (χ3v) is 3.29. The van der Waals surface area contributed by atoms with E-state index in [1.54, 1.807) is 0 Å². The fourth-order valence-electron chi connectivity index (χ4n) is 2.32. The van der Waals surface area contributed by atoms with E-state index in [2.05, 4.69) is 10.3 Å². The molecule has 0 bridgehead atoms. The number of pyridine rings is 1. The third-order valence-electron chi connectivity index (χ3n) is 3.29. The number of rotatable bonds is 2. The third kappa shape index (κ3) is 3.62. The highest BCUT2D eigenvalue weighted by atomic mass is 19.4. The van der Waals surface area contributed by atoms with Crippen molar-refractivity contribution in [3.8, 4) is 0 Å². The van der Waals surface area contributed by atoms with Crippen molar-refractivity contribution in [2.24, 2.45) is 0 Å². The van der Waals surface area contributed by atoms with Crippen LogP contribution in [0.3, 0.4) is 0 Å². The van der Waals surface area contributed by atoms with Gasteiger partial charge in [0.2, 0.25) is 0 Å². The minimum atomic E-state index is -4.30. The van der Waals surface area contributed by atoms with E-state index < -0.39 is 11.7 Å². The van der Waals surface area contributed by atoms with Crippen LogP contribution in [-0.4, -0.2) is 11.0 Å². The van der Waals surface area contributed by atoms with Crippen LogP contribution in [-0.2, 0) is 6.18 Å². The van der Waals surface area contributed by atoms with Crippen molar-refractivity contribution in [3.63, 3.8) is 0 Å². The molecule has 1 aliphatic rings. The Morgan fingerprint density at radius 1 is 1.11 bits per heavy atom. The number of halogens is 3. The van der Waals surface area contributed by atoms with Gasteiger partial charge in [-0.2, -0.15) is 13.2 Å². The second-order valence-corrected chi connectivity index (χ2v) is 4.76. The first-order valence-corrected chi connectivity index (χ1v) is 6.35. The molecule has 1 aromatic heterocycles. The van der Waals surface area contributed by atoms with Gasteiger partial charge in [0.05, 0.1) is 5.56 Å². The summed E-state index contributed by atoms with van der Waals surface area (Å²) in [6.45, 7) is 0. The van der Waals surface area contributed by atoms with Crippen LogP contribution in [0.25, 0.3) is 0 Å². The second-order valence-electron chi connectivity index (χ2n) is 4.76. The Hall–Kier alpha value is -1.26. The molecule has 0 radical (unpaired) electrons. The molecule has 0 saturated heterocycles. The predicted octanol–water partition coefficient (Wildman–Crippen LogP) is 4.24. The van der Waals surface area contributed by atoms with Gasteiger partial charge >= 0.3 is 6.18 Å². The second kappa shape index (κ2) is 5.59. The van der Waals surface area contributed by atoms with Crippen molar-refractivity contribution in [2.75, 3.05) is 5.32 Å². The minimum Gasteiger partial charge on any atom is -0.367 e. The number of hydrogen-bond donors (Lipinski definition) is 1. The first kappa shape index (κ1) is 13.2. The molecule has 5 heteroatoms. The Labute approximate surface area is 105 Å². The summed E-state index contributed by atoms with van der Waals surface area (Å²) in [6, 6.07) is 2.34. The molecular formula is C13H17F3N2. The molecule has 1 fully saturated rings. The van der Waals surface area contributed by atoms with E-state index in [1.807, 2.05) is 0 Å². The molecule has 0 unspecified atom stereocenters. The van der Waals surface area contributed by atoms with E-state index in [-0.39, 0.29) is 6.04 Å². The zero-order valence-corrected chi connectivity index (χ0v) is 10.1. The molecule has 1 N–H and O–H groups in total. The summed E-state index contributed by atoms with van der Waals surface area (Å²) >= 11 is 0. The number of nitrogens with zero attached hydrogens (tertiary/aromatic N) is 1. The van der Waals surface area contributed by atoms with Crippen LogP contribution >= 0.6 is 0 Å². The van der Waals surface area contributed by atoms with Crippen LogP contribution in [0.15, 0.2) is 18.3 Å². The first-order chi connectivity index (χ1) is 8.55. The highest BCUT2D eigenvalue weighted by molar-refractivity contribution is 5.39. The zero-order chi connectivity index (χ0) is 13.0. The summed E-state index contributed by atoms with van der Waals surface area (Å²) < 4.78 is 37.7. The molecule has 100 valence electrons. The highest BCUT2D eigenvalue weighted by Gasteiger charge is 2.30. The molecule has 0 spiro atoms. The predicted molar refractivity (Wildman–Crippen MR) is 64.4 cm³/mol. The van der Waals surface area contributed by atoms with Crippen LogP contribution in [0.2, 0.25) is 0 Å². The van der Waals surface area contributed by atoms with Crippen molar-refractivity contribution < 1.29 is 13.2 Å². The largest absolute Gasteiger partial charge is 0.416 e. The highest BCUT2D eigenvalue weighted by Crippen LogP contribution is 2.30. The van der Waals surface area contributed by atoms with Crippen LogP contribution in [0.4, 0.5) is 19.0 Å². The summed E-state index contributed by atoms with van der Waals surface area (Å²) in [7, 11) is 0. The summed E-state index contributed by atoms with van der Waals surface area (Å²) in [5, 5.41) is 3.12. The molecule has 2 nitrogen and oxygen atoms in total. The molecule has 0 aliphatic heterocycles. The molecular weight excluding hydrogens is 241 g/mol. The number of aromatic nitrogens is 1. The van der Waals surface area contributed by atoms with Crippen LogP contribution < -0.4 is 5.32 Å². The number of anilines is 1. The van der Waals surface area contributed by atoms with Gasteiger partial charge < -0.3 is 5.32 Å². The topological polar surface area (TPSA) is 24.9 Å². The van der Waals surface area contributed by atoms with Gasteiger partial charge in [0, 0.05) is 12.2 Å². The van der Waals surface area contributed by atoms with Gasteiger partial charge in [-0.15, -0.1) is 0 Å². The lowest BCUT2D eigenvalue weighted by Gasteiger charge is -2.17. The van der Waals surface area contributed by atoms with E-state index in [1.165, 1.54) is 19.0 Å². The van der Waals surface area contributed by atoms with Gasteiger partial charge in [0.1, 0.15) is 5.82 Å². The lowest BCUT2D eigenvalue weighted by atomic mass is 10.1. The molecule has 0 atom stereocenters. The van der Waals surface area contributed by atoms with E-state index in [9.17, 15) is 13.2 Å². The van der Waals surface area contributed by atoms with E-state index in [4.69, 9.17) is 0 Å². The zero-order valence-electron chi connectivity index (χ0n) is 10.1. The van der Waals surface area contributed by atoms with Gasteiger partial charge in [0.15, 0.2) is 0 Å². The summed E-state index contributed by atoms with van der Waals surface area (Å²) in [4.78, 5) is 3.97. The van der Waals surface area contributed by atoms with Crippen molar-refractivity contribution >= 4 is 5.82 Å². The fraction of sp³-hybridized carbons (Fsp3) is 0.615. The number of nitrogens with one attached hydrogen (secondary N) is 1. The van der Waals surface area contributed by atoms with Crippen molar-refractivity contribution in [3.05, 3.63) is 23.9 Å². The molecule has 0 aromatic carbocycles. The average Bonchev–Trinajstić information content (AvgIpc) is 2.57. The van der Waals surface area contributed by atoms with Crippen molar-refractivity contribution in [2.45, 2.75) is 50.7 Å². The summed E-state index contributed by atoms with van der Waals surface area (Å²) in [6.07, 6.45) is 3.64. The summed E-state index contributed by atoms with van der Waals surface area (Å²) in [5.74, 6) is 0.330. The maximum Gasteiger partial charge on any atom is 0.416 e. The minimum absolute atomic E-state index is 0.253. The van der Waals surface area contributed by atoms with Crippen LogP contribution in [0.1, 0.15) is 44.1 Å². The van der Waals surface area contributed by atoms with Crippen LogP contribution in [0.5, 0.6) is 0 Å². The first-order valence-electron chi connectivity index (χ1n) is 6.35. The van der Waals surface area contributed by atoms with Crippen molar-refractivity contribution in [1.82, 2.24) is 4.98 Å². The Morgan fingerprint density at radius 3 is 2.39 bits per heavy atom. The monoisotopic (exact) mass is 258 g/mol. The molecule has 1 aliphatic carbocycles. The molecule has 0 amide bonds.